The number of benzene rings is 1. The smallest absolute Gasteiger partial charge is 0.313 e. The highest BCUT2D eigenvalue weighted by Gasteiger charge is 2.75. The van der Waals surface area contributed by atoms with Crippen LogP contribution in [0.5, 0.6) is 5.75 Å². The average Bonchev–Trinajstić information content (AvgIpc) is 2.72. The van der Waals surface area contributed by atoms with Crippen LogP contribution in [0.1, 0.15) is 33.6 Å². The van der Waals surface area contributed by atoms with Crippen LogP contribution in [0.4, 0.5) is 5.69 Å². The van der Waals surface area contributed by atoms with Crippen LogP contribution in [-0.4, -0.2) is 22.6 Å². The van der Waals surface area contributed by atoms with Gasteiger partial charge >= 0.3 is 5.97 Å². The number of carbonyl (C=O) groups is 2. The Bertz CT molecular complexity index is 622. The lowest BCUT2D eigenvalue weighted by Gasteiger charge is -2.35. The molecule has 1 saturated heterocycles. The normalized spacial score (nSPS) is 32.8. The van der Waals surface area contributed by atoms with E-state index in [9.17, 15) is 14.7 Å². The van der Waals surface area contributed by atoms with Gasteiger partial charge in [0.1, 0.15) is 5.75 Å². The highest BCUT2D eigenvalue weighted by Crippen LogP contribution is 2.65. The van der Waals surface area contributed by atoms with Gasteiger partial charge in [-0.3, -0.25) is 9.59 Å². The molecule has 2 aliphatic rings. The van der Waals surface area contributed by atoms with E-state index in [0.29, 0.717) is 18.5 Å². The minimum atomic E-state index is -1.11. The van der Waals surface area contributed by atoms with Crippen LogP contribution >= 0.6 is 0 Å². The zero-order valence-corrected chi connectivity index (χ0v) is 12.4. The summed E-state index contributed by atoms with van der Waals surface area (Å²) in [5.41, 5.74) is -1.71. The van der Waals surface area contributed by atoms with Gasteiger partial charge in [0, 0.05) is 11.1 Å². The fourth-order valence-corrected chi connectivity index (χ4v) is 3.52. The number of amides is 1. The number of hydrogen-bond acceptors (Lipinski definition) is 4. The van der Waals surface area contributed by atoms with Crippen molar-refractivity contribution < 1.29 is 19.4 Å². The van der Waals surface area contributed by atoms with Gasteiger partial charge in [-0.15, -0.1) is 0 Å². The lowest BCUT2D eigenvalue weighted by atomic mass is 9.66. The number of esters is 1. The molecule has 1 aromatic carbocycles. The Morgan fingerprint density at radius 3 is 2.29 bits per heavy atom. The summed E-state index contributed by atoms with van der Waals surface area (Å²) in [6.07, 6.45) is 1.19. The number of ether oxygens (including phenoxy) is 1. The maximum absolute atomic E-state index is 12.7. The molecule has 0 spiro atoms. The molecule has 0 radical (unpaired) electrons. The molecule has 1 heterocycles. The van der Waals surface area contributed by atoms with Crippen molar-refractivity contribution in [1.29, 1.82) is 0 Å². The SMILES string of the molecule is CC12CCC(C(=O)Nc3ccc(O)cc3)(OC1=O)C2(C)C. The van der Waals surface area contributed by atoms with Crippen molar-refractivity contribution in [3.8, 4) is 5.75 Å². The molecule has 112 valence electrons. The molecule has 5 nitrogen and oxygen atoms in total. The maximum Gasteiger partial charge on any atom is 0.313 e. The van der Waals surface area contributed by atoms with Gasteiger partial charge in [0.2, 0.25) is 0 Å². The summed E-state index contributed by atoms with van der Waals surface area (Å²) in [4.78, 5) is 24.9. The Labute approximate surface area is 123 Å². The van der Waals surface area contributed by atoms with Gasteiger partial charge in [0.15, 0.2) is 5.60 Å². The van der Waals surface area contributed by atoms with Crippen LogP contribution in [0.25, 0.3) is 0 Å². The third-order valence-corrected chi connectivity index (χ3v) is 5.58. The summed E-state index contributed by atoms with van der Waals surface area (Å²) in [5, 5.41) is 12.1. The standard InChI is InChI=1S/C16H19NO4/c1-14(2)15(3)8-9-16(14,21-13(15)20)12(19)17-10-4-6-11(18)7-5-10/h4-7,18H,8-9H2,1-3H3,(H,17,19). The number of rotatable bonds is 2. The van der Waals surface area contributed by atoms with E-state index in [1.54, 1.807) is 12.1 Å². The molecule has 21 heavy (non-hydrogen) atoms. The first kappa shape index (κ1) is 13.9. The molecular formula is C16H19NO4. The van der Waals surface area contributed by atoms with E-state index in [1.807, 2.05) is 20.8 Å². The van der Waals surface area contributed by atoms with Gasteiger partial charge in [-0.25, -0.2) is 0 Å². The third kappa shape index (κ3) is 1.57. The zero-order valence-electron chi connectivity index (χ0n) is 12.4. The van der Waals surface area contributed by atoms with Crippen LogP contribution in [0.15, 0.2) is 24.3 Å². The van der Waals surface area contributed by atoms with Crippen molar-refractivity contribution in [1.82, 2.24) is 0 Å². The number of fused-ring (bicyclic) bond motifs is 2. The number of nitrogens with one attached hydrogen (secondary N) is 1. The maximum atomic E-state index is 12.7. The quantitative estimate of drug-likeness (QED) is 0.647. The number of anilines is 1. The molecule has 1 saturated carbocycles. The molecule has 1 aliphatic carbocycles. The van der Waals surface area contributed by atoms with Crippen LogP contribution in [0.3, 0.4) is 0 Å². The topological polar surface area (TPSA) is 75.6 Å². The average molecular weight is 289 g/mol. The monoisotopic (exact) mass is 289 g/mol. The molecule has 2 atom stereocenters. The summed E-state index contributed by atoms with van der Waals surface area (Å²) >= 11 is 0. The Kier molecular flexibility index (Phi) is 2.65. The van der Waals surface area contributed by atoms with E-state index in [-0.39, 0.29) is 17.6 Å². The van der Waals surface area contributed by atoms with Crippen LogP contribution in [0, 0.1) is 10.8 Å². The van der Waals surface area contributed by atoms with E-state index in [0.717, 1.165) is 0 Å². The van der Waals surface area contributed by atoms with Crippen molar-refractivity contribution in [2.24, 2.45) is 10.8 Å². The first-order chi connectivity index (χ1) is 9.73. The van der Waals surface area contributed by atoms with Crippen molar-refractivity contribution in [2.75, 3.05) is 5.32 Å². The largest absolute Gasteiger partial charge is 0.508 e. The predicted molar refractivity (Wildman–Crippen MR) is 76.7 cm³/mol. The summed E-state index contributed by atoms with van der Waals surface area (Å²) in [6.45, 7) is 5.71. The zero-order chi connectivity index (χ0) is 15.5. The van der Waals surface area contributed by atoms with Crippen LogP contribution in [-0.2, 0) is 14.3 Å². The summed E-state index contributed by atoms with van der Waals surface area (Å²) in [6, 6.07) is 6.22. The summed E-state index contributed by atoms with van der Waals surface area (Å²) in [7, 11) is 0. The lowest BCUT2D eigenvalue weighted by Crippen LogP contribution is -2.50. The minimum Gasteiger partial charge on any atom is -0.508 e. The van der Waals surface area contributed by atoms with Gasteiger partial charge < -0.3 is 15.2 Å². The fraction of sp³-hybridized carbons (Fsp3) is 0.500. The van der Waals surface area contributed by atoms with Gasteiger partial charge in [0.25, 0.3) is 5.91 Å². The van der Waals surface area contributed by atoms with E-state index in [1.165, 1.54) is 12.1 Å². The molecule has 3 rings (SSSR count). The second kappa shape index (κ2) is 4.00. The van der Waals surface area contributed by atoms with Crippen LogP contribution in [0.2, 0.25) is 0 Å². The molecule has 2 unspecified atom stereocenters. The van der Waals surface area contributed by atoms with E-state index in [4.69, 9.17) is 4.74 Å². The Balaban J connectivity index is 1.91. The van der Waals surface area contributed by atoms with Gasteiger partial charge in [-0.2, -0.15) is 0 Å². The van der Waals surface area contributed by atoms with E-state index in [2.05, 4.69) is 5.32 Å². The Morgan fingerprint density at radius 1 is 1.19 bits per heavy atom. The first-order valence-electron chi connectivity index (χ1n) is 7.07. The highest BCUT2D eigenvalue weighted by molar-refractivity contribution is 6.03. The molecule has 5 heteroatoms. The number of hydrogen-bond donors (Lipinski definition) is 2. The summed E-state index contributed by atoms with van der Waals surface area (Å²) < 4.78 is 5.52. The molecule has 1 aromatic rings. The van der Waals surface area contributed by atoms with Gasteiger partial charge in [0.05, 0.1) is 5.41 Å². The van der Waals surface area contributed by atoms with E-state index >= 15 is 0 Å². The van der Waals surface area contributed by atoms with Crippen molar-refractivity contribution in [2.45, 2.75) is 39.2 Å². The highest BCUT2D eigenvalue weighted by atomic mass is 16.6. The summed E-state index contributed by atoms with van der Waals surface area (Å²) in [5.74, 6) is -0.459. The molecule has 2 N–H and O–H groups in total. The Hall–Kier alpha value is -2.04. The molecule has 2 fully saturated rings. The number of phenolic OH excluding ortho intramolecular Hbond substituents is 1. The Morgan fingerprint density at radius 2 is 1.81 bits per heavy atom. The van der Waals surface area contributed by atoms with Crippen LogP contribution < -0.4 is 5.32 Å². The fourth-order valence-electron chi connectivity index (χ4n) is 3.52. The number of phenols is 1. The van der Waals surface area contributed by atoms with E-state index < -0.39 is 16.4 Å². The minimum absolute atomic E-state index is 0.132. The van der Waals surface area contributed by atoms with Gasteiger partial charge in [-0.1, -0.05) is 13.8 Å². The second-order valence-corrected chi connectivity index (χ2v) is 6.67. The third-order valence-electron chi connectivity index (χ3n) is 5.58. The lowest BCUT2D eigenvalue weighted by molar-refractivity contribution is -0.165. The first-order valence-corrected chi connectivity index (χ1v) is 7.07. The molecule has 1 aliphatic heterocycles. The number of carbonyl (C=O) groups excluding carboxylic acids is 2. The molecular weight excluding hydrogens is 270 g/mol. The van der Waals surface area contributed by atoms with Gasteiger partial charge in [-0.05, 0) is 44.0 Å². The van der Waals surface area contributed by atoms with Crippen molar-refractivity contribution >= 4 is 17.6 Å². The molecule has 0 aromatic heterocycles. The molecule has 1 amide bonds. The number of aromatic hydroxyl groups is 1. The predicted octanol–water partition coefficient (Wildman–Crippen LogP) is 2.45. The van der Waals surface area contributed by atoms with Crippen molar-refractivity contribution in [3.63, 3.8) is 0 Å². The molecule has 2 bridgehead atoms. The second-order valence-electron chi connectivity index (χ2n) is 6.67. The van der Waals surface area contributed by atoms with Crippen molar-refractivity contribution in [3.05, 3.63) is 24.3 Å².